The molecule has 3 heteroatoms. The van der Waals surface area contributed by atoms with Gasteiger partial charge in [-0.1, -0.05) is 30.3 Å². The van der Waals surface area contributed by atoms with Crippen LogP contribution in [0, 0.1) is 0 Å². The van der Waals surface area contributed by atoms with Crippen LogP contribution in [0.15, 0.2) is 30.3 Å². The summed E-state index contributed by atoms with van der Waals surface area (Å²) >= 11 is 0. The Hall–Kier alpha value is -0.900. The second-order valence-corrected chi connectivity index (χ2v) is 2.57. The number of benzene rings is 1. The van der Waals surface area contributed by atoms with E-state index in [0.717, 1.165) is 5.56 Å². The van der Waals surface area contributed by atoms with Crippen molar-refractivity contribution >= 4 is 0 Å². The molecule has 1 aromatic carbocycles. The Morgan fingerprint density at radius 1 is 1.25 bits per heavy atom. The number of rotatable bonds is 4. The average molecular weight is 166 g/mol. The predicted octanol–water partition coefficient (Wildman–Crippen LogP) is 0.447. The van der Waals surface area contributed by atoms with Crippen LogP contribution in [0.1, 0.15) is 5.56 Å². The summed E-state index contributed by atoms with van der Waals surface area (Å²) in [5, 5.41) is 0. The molecule has 0 aliphatic rings. The zero-order valence-electron chi connectivity index (χ0n) is 6.94. The summed E-state index contributed by atoms with van der Waals surface area (Å²) in [6.45, 7) is 0.881. The Bertz CT molecular complexity index is 213. The molecule has 66 valence electrons. The first-order chi connectivity index (χ1) is 5.83. The van der Waals surface area contributed by atoms with E-state index >= 15 is 0 Å². The van der Waals surface area contributed by atoms with Crippen LogP contribution in [0.3, 0.4) is 0 Å². The maximum absolute atomic E-state index is 5.47. The summed E-state index contributed by atoms with van der Waals surface area (Å²) in [4.78, 5) is 0. The summed E-state index contributed by atoms with van der Waals surface area (Å²) in [7, 11) is 0. The van der Waals surface area contributed by atoms with Crippen LogP contribution in [0.2, 0.25) is 0 Å². The second-order valence-electron chi connectivity index (χ2n) is 2.57. The largest absolute Gasteiger partial charge is 0.358 e. The minimum Gasteiger partial charge on any atom is -0.358 e. The molecule has 1 atom stereocenters. The van der Waals surface area contributed by atoms with Gasteiger partial charge in [0, 0.05) is 6.54 Å². The van der Waals surface area contributed by atoms with Crippen LogP contribution >= 0.6 is 0 Å². The molecule has 0 aliphatic carbocycles. The molecule has 0 aromatic heterocycles. The molecule has 0 bridgehead atoms. The summed E-state index contributed by atoms with van der Waals surface area (Å²) in [6, 6.07) is 9.87. The predicted molar refractivity (Wildman–Crippen MR) is 48.3 cm³/mol. The van der Waals surface area contributed by atoms with Gasteiger partial charge in [-0.3, -0.25) is 0 Å². The van der Waals surface area contributed by atoms with Gasteiger partial charge in [-0.05, 0) is 5.56 Å². The van der Waals surface area contributed by atoms with Gasteiger partial charge in [0.25, 0.3) is 0 Å². The van der Waals surface area contributed by atoms with E-state index in [1.165, 1.54) is 0 Å². The first-order valence-corrected chi connectivity index (χ1v) is 3.94. The van der Waals surface area contributed by atoms with E-state index in [4.69, 9.17) is 16.2 Å². The molecule has 0 spiro atoms. The zero-order chi connectivity index (χ0) is 8.81. The maximum Gasteiger partial charge on any atom is 0.118 e. The molecular formula is C9H14N2O. The van der Waals surface area contributed by atoms with Gasteiger partial charge >= 0.3 is 0 Å². The molecule has 1 rings (SSSR count). The van der Waals surface area contributed by atoms with Crippen LogP contribution in [0.4, 0.5) is 0 Å². The van der Waals surface area contributed by atoms with Crippen LogP contribution in [0.25, 0.3) is 0 Å². The quantitative estimate of drug-likeness (QED) is 0.638. The lowest BCUT2D eigenvalue weighted by atomic mass is 10.2. The molecule has 3 nitrogen and oxygen atoms in total. The van der Waals surface area contributed by atoms with Crippen LogP contribution in [-0.4, -0.2) is 12.8 Å². The maximum atomic E-state index is 5.47. The Labute approximate surface area is 72.3 Å². The van der Waals surface area contributed by atoms with Crippen LogP contribution < -0.4 is 11.5 Å². The molecule has 4 N–H and O–H groups in total. The smallest absolute Gasteiger partial charge is 0.118 e. The van der Waals surface area contributed by atoms with Gasteiger partial charge in [0.1, 0.15) is 6.23 Å². The van der Waals surface area contributed by atoms with E-state index in [2.05, 4.69) is 0 Å². The van der Waals surface area contributed by atoms with Crippen LogP contribution in [0.5, 0.6) is 0 Å². The SMILES string of the molecule is NCC(N)OCc1ccccc1. The molecule has 0 saturated carbocycles. The number of hydrogen-bond acceptors (Lipinski definition) is 3. The summed E-state index contributed by atoms with van der Waals surface area (Å²) < 4.78 is 5.23. The van der Waals surface area contributed by atoms with Crippen molar-refractivity contribution in [1.29, 1.82) is 0 Å². The Morgan fingerprint density at radius 2 is 1.92 bits per heavy atom. The third-order valence-electron chi connectivity index (χ3n) is 1.54. The number of ether oxygens (including phenoxy) is 1. The molecule has 0 saturated heterocycles. The lowest BCUT2D eigenvalue weighted by Gasteiger charge is -2.09. The minimum atomic E-state index is -0.356. The Kier molecular flexibility index (Phi) is 3.73. The van der Waals surface area contributed by atoms with Gasteiger partial charge in [-0.2, -0.15) is 0 Å². The van der Waals surface area contributed by atoms with Gasteiger partial charge in [0.15, 0.2) is 0 Å². The molecule has 1 aromatic rings. The minimum absolute atomic E-state index is 0.354. The molecule has 12 heavy (non-hydrogen) atoms. The zero-order valence-corrected chi connectivity index (χ0v) is 6.94. The fourth-order valence-electron chi connectivity index (χ4n) is 0.846. The van der Waals surface area contributed by atoms with Crippen molar-refractivity contribution in [2.45, 2.75) is 12.8 Å². The topological polar surface area (TPSA) is 61.3 Å². The fourth-order valence-corrected chi connectivity index (χ4v) is 0.846. The molecule has 0 amide bonds. The molecular weight excluding hydrogens is 152 g/mol. The highest BCUT2D eigenvalue weighted by molar-refractivity contribution is 5.13. The van der Waals surface area contributed by atoms with E-state index in [0.29, 0.717) is 13.2 Å². The van der Waals surface area contributed by atoms with Crippen molar-refractivity contribution in [2.24, 2.45) is 11.5 Å². The monoisotopic (exact) mass is 166 g/mol. The molecule has 0 heterocycles. The van der Waals surface area contributed by atoms with Gasteiger partial charge < -0.3 is 16.2 Å². The number of hydrogen-bond donors (Lipinski definition) is 2. The van der Waals surface area contributed by atoms with Crippen LogP contribution in [-0.2, 0) is 11.3 Å². The van der Waals surface area contributed by atoms with E-state index in [1.807, 2.05) is 30.3 Å². The van der Waals surface area contributed by atoms with E-state index in [9.17, 15) is 0 Å². The fraction of sp³-hybridized carbons (Fsp3) is 0.333. The summed E-state index contributed by atoms with van der Waals surface area (Å²) in [5.41, 5.74) is 11.9. The first kappa shape index (κ1) is 9.19. The van der Waals surface area contributed by atoms with Gasteiger partial charge in [0.05, 0.1) is 6.61 Å². The highest BCUT2D eigenvalue weighted by Gasteiger charge is 1.98. The highest BCUT2D eigenvalue weighted by atomic mass is 16.5. The molecule has 0 fully saturated rings. The molecule has 0 aliphatic heterocycles. The highest BCUT2D eigenvalue weighted by Crippen LogP contribution is 2.00. The van der Waals surface area contributed by atoms with Crippen molar-refractivity contribution in [2.75, 3.05) is 6.54 Å². The van der Waals surface area contributed by atoms with Gasteiger partial charge in [-0.15, -0.1) is 0 Å². The Balaban J connectivity index is 2.33. The van der Waals surface area contributed by atoms with Crippen molar-refractivity contribution in [3.05, 3.63) is 35.9 Å². The number of nitrogens with two attached hydrogens (primary N) is 2. The Morgan fingerprint density at radius 3 is 2.50 bits per heavy atom. The van der Waals surface area contributed by atoms with Gasteiger partial charge in [-0.25, -0.2) is 0 Å². The van der Waals surface area contributed by atoms with E-state index in [-0.39, 0.29) is 6.23 Å². The van der Waals surface area contributed by atoms with Crippen molar-refractivity contribution in [1.82, 2.24) is 0 Å². The molecule has 0 radical (unpaired) electrons. The van der Waals surface area contributed by atoms with Crippen molar-refractivity contribution in [3.63, 3.8) is 0 Å². The normalized spacial score (nSPS) is 12.8. The second kappa shape index (κ2) is 4.87. The van der Waals surface area contributed by atoms with E-state index in [1.54, 1.807) is 0 Å². The standard InChI is InChI=1S/C9H14N2O/c10-6-9(11)12-7-8-4-2-1-3-5-8/h1-5,9H,6-7,10-11H2. The average Bonchev–Trinajstić information content (AvgIpc) is 2.16. The first-order valence-electron chi connectivity index (χ1n) is 3.94. The third-order valence-corrected chi connectivity index (χ3v) is 1.54. The molecule has 1 unspecified atom stereocenters. The lowest BCUT2D eigenvalue weighted by Crippen LogP contribution is -2.32. The van der Waals surface area contributed by atoms with Crippen molar-refractivity contribution < 1.29 is 4.74 Å². The van der Waals surface area contributed by atoms with Crippen molar-refractivity contribution in [3.8, 4) is 0 Å². The lowest BCUT2D eigenvalue weighted by molar-refractivity contribution is 0.0509. The summed E-state index contributed by atoms with van der Waals surface area (Å²) in [6.07, 6.45) is -0.356. The summed E-state index contributed by atoms with van der Waals surface area (Å²) in [5.74, 6) is 0. The third kappa shape index (κ3) is 3.00. The van der Waals surface area contributed by atoms with Gasteiger partial charge in [0.2, 0.25) is 0 Å². The van der Waals surface area contributed by atoms with E-state index < -0.39 is 0 Å².